The van der Waals surface area contributed by atoms with Gasteiger partial charge < -0.3 is 12.6 Å². The van der Waals surface area contributed by atoms with Gasteiger partial charge in [0.25, 0.3) is 0 Å². The van der Waals surface area contributed by atoms with Crippen molar-refractivity contribution in [2.45, 2.75) is 4.90 Å². The molecule has 0 aromatic heterocycles. The van der Waals surface area contributed by atoms with E-state index in [1.807, 2.05) is 0 Å². The summed E-state index contributed by atoms with van der Waals surface area (Å²) in [7, 11) is 0. The Morgan fingerprint density at radius 2 is 1.44 bits per heavy atom. The summed E-state index contributed by atoms with van der Waals surface area (Å²) in [5.41, 5.74) is 0. The first kappa shape index (κ1) is 7.13. The van der Waals surface area contributed by atoms with Crippen LogP contribution in [0, 0.1) is 0 Å². The van der Waals surface area contributed by atoms with Crippen molar-refractivity contribution in [3.8, 4) is 0 Å². The van der Waals surface area contributed by atoms with Crippen LogP contribution in [0.25, 0.3) is 0 Å². The van der Waals surface area contributed by atoms with Gasteiger partial charge in [-0.05, 0) is 6.07 Å². The molecule has 1 rings (SSSR count). The van der Waals surface area contributed by atoms with Crippen LogP contribution >= 0.6 is 23.2 Å². The molecule has 0 atom stereocenters. The molecule has 1 aromatic carbocycles. The molecular formula is C6H3Cl2S-. The lowest BCUT2D eigenvalue weighted by atomic mass is 10.4. The molecule has 0 amide bonds. The molecule has 0 saturated heterocycles. The third kappa shape index (κ3) is 2.01. The molecule has 0 fully saturated rings. The van der Waals surface area contributed by atoms with E-state index in [4.69, 9.17) is 35.8 Å². The summed E-state index contributed by atoms with van der Waals surface area (Å²) in [6, 6.07) is 5.02. The Labute approximate surface area is 69.2 Å². The van der Waals surface area contributed by atoms with Gasteiger partial charge in [-0.15, -0.1) is 0 Å². The minimum atomic E-state index is 0.590. The van der Waals surface area contributed by atoms with Gasteiger partial charge in [0.15, 0.2) is 0 Å². The molecule has 0 unspecified atom stereocenters. The SMILES string of the molecule is [S-]c1cc(Cl)cc(Cl)c1. The van der Waals surface area contributed by atoms with E-state index in [2.05, 4.69) is 0 Å². The molecule has 0 heterocycles. The molecule has 0 spiro atoms. The first-order chi connectivity index (χ1) is 4.18. The molecule has 0 nitrogen and oxygen atoms in total. The second-order valence-electron chi connectivity index (χ2n) is 1.61. The molecule has 48 valence electrons. The highest BCUT2D eigenvalue weighted by Crippen LogP contribution is 2.18. The molecule has 0 aliphatic heterocycles. The van der Waals surface area contributed by atoms with Crippen molar-refractivity contribution in [2.75, 3.05) is 0 Å². The van der Waals surface area contributed by atoms with E-state index in [0.717, 1.165) is 0 Å². The lowest BCUT2D eigenvalue weighted by Gasteiger charge is -2.04. The maximum Gasteiger partial charge on any atom is 0.0405 e. The quantitative estimate of drug-likeness (QED) is 0.550. The minimum absolute atomic E-state index is 0.590. The van der Waals surface area contributed by atoms with Gasteiger partial charge in [0.05, 0.1) is 0 Å². The Balaban J connectivity index is 3.17. The van der Waals surface area contributed by atoms with E-state index < -0.39 is 0 Å². The fourth-order valence-corrected chi connectivity index (χ4v) is 1.44. The predicted octanol–water partition coefficient (Wildman–Crippen LogP) is 2.90. The van der Waals surface area contributed by atoms with Gasteiger partial charge in [0.2, 0.25) is 0 Å². The third-order valence-corrected chi connectivity index (χ3v) is 1.51. The van der Waals surface area contributed by atoms with E-state index >= 15 is 0 Å². The number of rotatable bonds is 0. The molecular weight excluding hydrogens is 175 g/mol. The molecule has 0 radical (unpaired) electrons. The lowest BCUT2D eigenvalue weighted by molar-refractivity contribution is 1.48. The average Bonchev–Trinajstić information content (AvgIpc) is 1.59. The van der Waals surface area contributed by atoms with Crippen molar-refractivity contribution in [3.05, 3.63) is 28.2 Å². The first-order valence-corrected chi connectivity index (χ1v) is 3.48. The number of halogens is 2. The van der Waals surface area contributed by atoms with Crippen LogP contribution in [0.3, 0.4) is 0 Å². The molecule has 0 N–H and O–H groups in total. The van der Waals surface area contributed by atoms with Crippen LogP contribution < -0.4 is 0 Å². The summed E-state index contributed by atoms with van der Waals surface area (Å²) >= 11 is 16.0. The number of benzene rings is 1. The van der Waals surface area contributed by atoms with Gasteiger partial charge in [0, 0.05) is 10.0 Å². The summed E-state index contributed by atoms with van der Waals surface area (Å²) in [5, 5.41) is 1.18. The number of hydrogen-bond acceptors (Lipinski definition) is 1. The van der Waals surface area contributed by atoms with Gasteiger partial charge >= 0.3 is 0 Å². The topological polar surface area (TPSA) is 0 Å². The predicted molar refractivity (Wildman–Crippen MR) is 42.1 cm³/mol. The zero-order valence-corrected chi connectivity index (χ0v) is 6.72. The Bertz CT molecular complexity index is 172. The van der Waals surface area contributed by atoms with Crippen molar-refractivity contribution >= 4 is 35.8 Å². The Hall–Kier alpha value is 0.0200. The van der Waals surface area contributed by atoms with Gasteiger partial charge in [-0.25, -0.2) is 0 Å². The fourth-order valence-electron chi connectivity index (χ4n) is 0.529. The summed E-state index contributed by atoms with van der Waals surface area (Å²) in [4.78, 5) is 0.674. The van der Waals surface area contributed by atoms with Crippen LogP contribution in [-0.4, -0.2) is 0 Å². The molecule has 3 heteroatoms. The van der Waals surface area contributed by atoms with E-state index in [-0.39, 0.29) is 0 Å². The highest BCUT2D eigenvalue weighted by molar-refractivity contribution is 7.58. The van der Waals surface area contributed by atoms with Crippen LogP contribution in [0.1, 0.15) is 0 Å². The molecule has 1 aromatic rings. The molecule has 0 aliphatic rings. The van der Waals surface area contributed by atoms with Crippen molar-refractivity contribution in [1.29, 1.82) is 0 Å². The summed E-state index contributed by atoms with van der Waals surface area (Å²) in [5.74, 6) is 0. The molecule has 0 bridgehead atoms. The van der Waals surface area contributed by atoms with Gasteiger partial charge in [0.1, 0.15) is 0 Å². The Kier molecular flexibility index (Phi) is 2.17. The minimum Gasteiger partial charge on any atom is -0.780 e. The number of hydrogen-bond donors (Lipinski definition) is 0. The summed E-state index contributed by atoms with van der Waals surface area (Å²) in [6.45, 7) is 0. The van der Waals surface area contributed by atoms with Crippen LogP contribution in [0.15, 0.2) is 23.1 Å². The van der Waals surface area contributed by atoms with Crippen molar-refractivity contribution in [2.24, 2.45) is 0 Å². The largest absolute Gasteiger partial charge is 0.780 e. The lowest BCUT2D eigenvalue weighted by Crippen LogP contribution is -1.70. The smallest absolute Gasteiger partial charge is 0.0405 e. The maximum atomic E-state index is 5.60. The van der Waals surface area contributed by atoms with Gasteiger partial charge in [-0.3, -0.25) is 0 Å². The Morgan fingerprint density at radius 3 is 1.78 bits per heavy atom. The van der Waals surface area contributed by atoms with Crippen LogP contribution in [0.4, 0.5) is 0 Å². The van der Waals surface area contributed by atoms with E-state index in [1.54, 1.807) is 18.2 Å². The molecule has 9 heavy (non-hydrogen) atoms. The van der Waals surface area contributed by atoms with Crippen LogP contribution in [-0.2, 0) is 12.6 Å². The zero-order valence-electron chi connectivity index (χ0n) is 4.40. The molecule has 0 aliphatic carbocycles. The van der Waals surface area contributed by atoms with Crippen molar-refractivity contribution in [1.82, 2.24) is 0 Å². The molecule has 0 saturated carbocycles. The van der Waals surface area contributed by atoms with E-state index in [9.17, 15) is 0 Å². The third-order valence-electron chi connectivity index (χ3n) is 0.836. The second-order valence-corrected chi connectivity index (χ2v) is 2.95. The highest BCUT2D eigenvalue weighted by Gasteiger charge is 1.86. The van der Waals surface area contributed by atoms with E-state index in [0.29, 0.717) is 14.9 Å². The Morgan fingerprint density at radius 1 is 1.00 bits per heavy atom. The van der Waals surface area contributed by atoms with Gasteiger partial charge in [-0.2, -0.15) is 4.90 Å². The standard InChI is InChI=1S/C6H4Cl2S/c7-4-1-5(8)3-6(9)2-4/h1-3,9H/p-1. The zero-order chi connectivity index (χ0) is 6.85. The summed E-state index contributed by atoms with van der Waals surface area (Å²) in [6.07, 6.45) is 0. The first-order valence-electron chi connectivity index (χ1n) is 2.31. The van der Waals surface area contributed by atoms with Gasteiger partial charge in [-0.1, -0.05) is 35.3 Å². The van der Waals surface area contributed by atoms with Crippen LogP contribution in [0.2, 0.25) is 10.0 Å². The van der Waals surface area contributed by atoms with Crippen LogP contribution in [0.5, 0.6) is 0 Å². The monoisotopic (exact) mass is 177 g/mol. The average molecular weight is 178 g/mol. The normalized spacial score (nSPS) is 9.56. The second kappa shape index (κ2) is 2.74. The fraction of sp³-hybridized carbons (Fsp3) is 0. The van der Waals surface area contributed by atoms with Crippen molar-refractivity contribution < 1.29 is 0 Å². The van der Waals surface area contributed by atoms with E-state index in [1.165, 1.54) is 0 Å². The van der Waals surface area contributed by atoms with Crippen molar-refractivity contribution in [3.63, 3.8) is 0 Å². The highest BCUT2D eigenvalue weighted by atomic mass is 35.5. The maximum absolute atomic E-state index is 5.60. The summed E-state index contributed by atoms with van der Waals surface area (Å²) < 4.78 is 0.